The molecule has 26 heavy (non-hydrogen) atoms. The lowest BCUT2D eigenvalue weighted by molar-refractivity contribution is -0.124. The molecule has 5 heteroatoms. The molecule has 0 fully saturated rings. The Balaban J connectivity index is 1.46. The van der Waals surface area contributed by atoms with Gasteiger partial charge in [0, 0.05) is 11.6 Å². The Morgan fingerprint density at radius 3 is 2.54 bits per heavy atom. The number of fused-ring (bicyclic) bond motifs is 1. The number of ether oxygens (including phenoxy) is 1. The van der Waals surface area contributed by atoms with Crippen molar-refractivity contribution in [3.8, 4) is 0 Å². The van der Waals surface area contributed by atoms with E-state index in [1.807, 2.05) is 48.5 Å². The van der Waals surface area contributed by atoms with E-state index in [1.54, 1.807) is 18.2 Å². The number of benzene rings is 3. The third-order valence-corrected chi connectivity index (χ3v) is 4.18. The van der Waals surface area contributed by atoms with Gasteiger partial charge in [-0.1, -0.05) is 54.1 Å². The molecular formula is C21H18ClNO3. The van der Waals surface area contributed by atoms with Crippen molar-refractivity contribution in [1.82, 2.24) is 5.32 Å². The standard InChI is InChI=1S/C21H18ClNO3/c22-19-7-3-4-15(12-19)10-11-23-20(24)14-26-21(25)18-9-8-16-5-1-2-6-17(16)13-18/h1-9,12-13H,10-11,14H2,(H,23,24). The third kappa shape index (κ3) is 4.83. The second kappa shape index (κ2) is 8.50. The minimum absolute atomic E-state index is 0.304. The lowest BCUT2D eigenvalue weighted by Crippen LogP contribution is -2.30. The van der Waals surface area contributed by atoms with Crippen molar-refractivity contribution >= 4 is 34.2 Å². The number of esters is 1. The summed E-state index contributed by atoms with van der Waals surface area (Å²) in [6.45, 7) is 0.147. The van der Waals surface area contributed by atoms with Crippen LogP contribution in [0.3, 0.4) is 0 Å². The van der Waals surface area contributed by atoms with Crippen LogP contribution in [0.4, 0.5) is 0 Å². The van der Waals surface area contributed by atoms with Gasteiger partial charge in [-0.25, -0.2) is 4.79 Å². The Morgan fingerprint density at radius 1 is 0.923 bits per heavy atom. The molecule has 0 aromatic heterocycles. The van der Waals surface area contributed by atoms with Crippen LogP contribution in [-0.2, 0) is 16.0 Å². The quantitative estimate of drug-likeness (QED) is 0.670. The van der Waals surface area contributed by atoms with E-state index in [1.165, 1.54) is 0 Å². The van der Waals surface area contributed by atoms with E-state index in [2.05, 4.69) is 5.32 Å². The van der Waals surface area contributed by atoms with Crippen LogP contribution >= 0.6 is 11.6 Å². The molecule has 0 aliphatic heterocycles. The summed E-state index contributed by atoms with van der Waals surface area (Å²) >= 11 is 5.92. The van der Waals surface area contributed by atoms with E-state index in [0.717, 1.165) is 16.3 Å². The molecule has 0 aliphatic rings. The predicted molar refractivity (Wildman–Crippen MR) is 102 cm³/mol. The molecule has 3 aromatic carbocycles. The molecule has 0 bridgehead atoms. The van der Waals surface area contributed by atoms with Crippen molar-refractivity contribution in [3.05, 3.63) is 82.9 Å². The molecule has 0 atom stereocenters. The molecule has 132 valence electrons. The molecule has 4 nitrogen and oxygen atoms in total. The van der Waals surface area contributed by atoms with Gasteiger partial charge >= 0.3 is 5.97 Å². The first-order valence-electron chi connectivity index (χ1n) is 8.29. The van der Waals surface area contributed by atoms with Crippen molar-refractivity contribution < 1.29 is 14.3 Å². The summed E-state index contributed by atoms with van der Waals surface area (Å²) in [6, 6.07) is 20.5. The molecule has 0 spiro atoms. The molecule has 0 unspecified atom stereocenters. The molecule has 1 amide bonds. The Hall–Kier alpha value is -2.85. The number of amides is 1. The third-order valence-electron chi connectivity index (χ3n) is 3.94. The largest absolute Gasteiger partial charge is 0.452 e. The van der Waals surface area contributed by atoms with Gasteiger partial charge in [0.2, 0.25) is 0 Å². The highest BCUT2D eigenvalue weighted by atomic mass is 35.5. The van der Waals surface area contributed by atoms with Crippen LogP contribution in [0.2, 0.25) is 5.02 Å². The Morgan fingerprint density at radius 2 is 1.73 bits per heavy atom. The summed E-state index contributed by atoms with van der Waals surface area (Å²) in [5, 5.41) is 5.39. The van der Waals surface area contributed by atoms with Crippen LogP contribution < -0.4 is 5.32 Å². The topological polar surface area (TPSA) is 55.4 Å². The molecular weight excluding hydrogens is 350 g/mol. The molecule has 1 N–H and O–H groups in total. The monoisotopic (exact) mass is 367 g/mol. The van der Waals surface area contributed by atoms with E-state index < -0.39 is 5.97 Å². The van der Waals surface area contributed by atoms with Gasteiger partial charge in [0.1, 0.15) is 0 Å². The van der Waals surface area contributed by atoms with Gasteiger partial charge in [-0.05, 0) is 47.0 Å². The zero-order valence-corrected chi connectivity index (χ0v) is 14.8. The van der Waals surface area contributed by atoms with Crippen molar-refractivity contribution in [2.24, 2.45) is 0 Å². The number of rotatable bonds is 6. The highest BCUT2D eigenvalue weighted by molar-refractivity contribution is 6.30. The van der Waals surface area contributed by atoms with Gasteiger partial charge in [0.25, 0.3) is 5.91 Å². The van der Waals surface area contributed by atoms with Crippen LogP contribution in [0.1, 0.15) is 15.9 Å². The van der Waals surface area contributed by atoms with E-state index >= 15 is 0 Å². The van der Waals surface area contributed by atoms with Gasteiger partial charge in [-0.3, -0.25) is 4.79 Å². The maximum Gasteiger partial charge on any atom is 0.338 e. The van der Waals surface area contributed by atoms with E-state index in [4.69, 9.17) is 16.3 Å². The first-order chi connectivity index (χ1) is 12.6. The average molecular weight is 368 g/mol. The molecule has 3 rings (SSSR count). The van der Waals surface area contributed by atoms with Gasteiger partial charge < -0.3 is 10.1 Å². The zero-order valence-electron chi connectivity index (χ0n) is 14.1. The summed E-state index contributed by atoms with van der Waals surface area (Å²) < 4.78 is 5.09. The fourth-order valence-electron chi connectivity index (χ4n) is 2.62. The summed E-state index contributed by atoms with van der Waals surface area (Å²) in [7, 11) is 0. The SMILES string of the molecule is O=C(COC(=O)c1ccc2ccccc2c1)NCCc1cccc(Cl)c1. The first kappa shape index (κ1) is 18.0. The fraction of sp³-hybridized carbons (Fsp3) is 0.143. The first-order valence-corrected chi connectivity index (χ1v) is 8.67. The van der Waals surface area contributed by atoms with Crippen molar-refractivity contribution in [2.45, 2.75) is 6.42 Å². The van der Waals surface area contributed by atoms with Crippen LogP contribution in [0, 0.1) is 0 Å². The smallest absolute Gasteiger partial charge is 0.338 e. The number of halogens is 1. The molecule has 0 heterocycles. The maximum absolute atomic E-state index is 12.1. The Labute approximate surface area is 156 Å². The molecule has 0 aliphatic carbocycles. The fourth-order valence-corrected chi connectivity index (χ4v) is 2.83. The van der Waals surface area contributed by atoms with E-state index in [-0.39, 0.29) is 12.5 Å². The normalized spacial score (nSPS) is 10.5. The Kier molecular flexibility index (Phi) is 5.87. The number of hydrogen-bond acceptors (Lipinski definition) is 3. The van der Waals surface area contributed by atoms with E-state index in [0.29, 0.717) is 23.6 Å². The highest BCUT2D eigenvalue weighted by Crippen LogP contribution is 2.16. The second-order valence-electron chi connectivity index (χ2n) is 5.87. The van der Waals surface area contributed by atoms with E-state index in [9.17, 15) is 9.59 Å². The van der Waals surface area contributed by atoms with Crippen molar-refractivity contribution in [3.63, 3.8) is 0 Å². The lowest BCUT2D eigenvalue weighted by atomic mass is 10.1. The average Bonchev–Trinajstić information content (AvgIpc) is 2.66. The maximum atomic E-state index is 12.1. The van der Waals surface area contributed by atoms with Crippen LogP contribution in [0.5, 0.6) is 0 Å². The molecule has 0 saturated heterocycles. The van der Waals surface area contributed by atoms with Crippen molar-refractivity contribution in [2.75, 3.05) is 13.2 Å². The number of carbonyl (C=O) groups is 2. The minimum atomic E-state index is -0.513. The lowest BCUT2D eigenvalue weighted by Gasteiger charge is -2.07. The zero-order chi connectivity index (χ0) is 18.4. The summed E-state index contributed by atoms with van der Waals surface area (Å²) in [4.78, 5) is 23.9. The summed E-state index contributed by atoms with van der Waals surface area (Å²) in [5.41, 5.74) is 1.46. The number of carbonyl (C=O) groups excluding carboxylic acids is 2. The van der Waals surface area contributed by atoms with Crippen LogP contribution in [0.15, 0.2) is 66.7 Å². The van der Waals surface area contributed by atoms with Crippen LogP contribution in [0.25, 0.3) is 10.8 Å². The van der Waals surface area contributed by atoms with Crippen LogP contribution in [-0.4, -0.2) is 25.0 Å². The Bertz CT molecular complexity index is 939. The van der Waals surface area contributed by atoms with Crippen molar-refractivity contribution in [1.29, 1.82) is 0 Å². The minimum Gasteiger partial charge on any atom is -0.452 e. The summed E-state index contributed by atoms with van der Waals surface area (Å²) in [6.07, 6.45) is 0.658. The number of nitrogens with one attached hydrogen (secondary N) is 1. The molecule has 0 radical (unpaired) electrons. The van der Waals surface area contributed by atoms with Gasteiger partial charge in [0.15, 0.2) is 6.61 Å². The van der Waals surface area contributed by atoms with Gasteiger partial charge in [0.05, 0.1) is 5.56 Å². The molecule has 3 aromatic rings. The predicted octanol–water partition coefficient (Wildman–Crippen LogP) is 4.01. The second-order valence-corrected chi connectivity index (χ2v) is 6.30. The van der Waals surface area contributed by atoms with Gasteiger partial charge in [-0.2, -0.15) is 0 Å². The highest BCUT2D eigenvalue weighted by Gasteiger charge is 2.10. The summed E-state index contributed by atoms with van der Waals surface area (Å²) in [5.74, 6) is -0.845. The van der Waals surface area contributed by atoms with Gasteiger partial charge in [-0.15, -0.1) is 0 Å². The number of hydrogen-bond donors (Lipinski definition) is 1. The molecule has 0 saturated carbocycles.